The second kappa shape index (κ2) is 5.89. The molecule has 130 valence electrons. The van der Waals surface area contributed by atoms with E-state index in [1.54, 1.807) is 33.3 Å². The SMILES string of the molecule is COc1c(C)c(OC)c(OC)c2c1C[C@H]1C(=O)N(C)CC(=O)N1C2. The predicted molar refractivity (Wildman–Crippen MR) is 86.5 cm³/mol. The summed E-state index contributed by atoms with van der Waals surface area (Å²) < 4.78 is 16.6. The van der Waals surface area contributed by atoms with Crippen molar-refractivity contribution >= 4 is 11.8 Å². The lowest BCUT2D eigenvalue weighted by Gasteiger charge is -2.43. The number of piperazine rings is 1. The number of fused-ring (bicyclic) bond motifs is 2. The van der Waals surface area contributed by atoms with E-state index in [2.05, 4.69) is 0 Å². The number of carbonyl (C=O) groups is 2. The molecule has 0 aromatic heterocycles. The highest BCUT2D eigenvalue weighted by Gasteiger charge is 2.43. The molecule has 0 radical (unpaired) electrons. The van der Waals surface area contributed by atoms with Crippen molar-refractivity contribution in [3.63, 3.8) is 0 Å². The van der Waals surface area contributed by atoms with Crippen LogP contribution in [0.25, 0.3) is 0 Å². The molecule has 24 heavy (non-hydrogen) atoms. The Hall–Kier alpha value is -2.44. The molecule has 1 saturated heterocycles. The Morgan fingerprint density at radius 2 is 1.54 bits per heavy atom. The number of carbonyl (C=O) groups excluding carboxylic acids is 2. The largest absolute Gasteiger partial charge is 0.496 e. The molecule has 1 aromatic rings. The van der Waals surface area contributed by atoms with Crippen LogP contribution in [0.15, 0.2) is 0 Å². The van der Waals surface area contributed by atoms with Crippen molar-refractivity contribution in [2.75, 3.05) is 34.9 Å². The molecule has 1 aromatic carbocycles. The average Bonchev–Trinajstić information content (AvgIpc) is 2.57. The number of amides is 2. The molecule has 1 atom stereocenters. The fourth-order valence-corrected chi connectivity index (χ4v) is 3.72. The van der Waals surface area contributed by atoms with Gasteiger partial charge in [0.15, 0.2) is 11.5 Å². The normalized spacial score (nSPS) is 19.8. The Morgan fingerprint density at radius 1 is 0.917 bits per heavy atom. The van der Waals surface area contributed by atoms with Gasteiger partial charge in [-0.3, -0.25) is 9.59 Å². The van der Waals surface area contributed by atoms with Gasteiger partial charge < -0.3 is 24.0 Å². The van der Waals surface area contributed by atoms with E-state index in [1.165, 1.54) is 4.90 Å². The van der Waals surface area contributed by atoms with E-state index in [-0.39, 0.29) is 18.4 Å². The van der Waals surface area contributed by atoms with Gasteiger partial charge in [0, 0.05) is 30.2 Å². The van der Waals surface area contributed by atoms with Crippen LogP contribution in [0, 0.1) is 6.92 Å². The summed E-state index contributed by atoms with van der Waals surface area (Å²) in [5.41, 5.74) is 2.58. The van der Waals surface area contributed by atoms with Crippen LogP contribution < -0.4 is 14.2 Å². The van der Waals surface area contributed by atoms with Crippen LogP contribution in [-0.4, -0.2) is 62.6 Å². The first kappa shape index (κ1) is 16.4. The van der Waals surface area contributed by atoms with Crippen molar-refractivity contribution in [1.82, 2.24) is 9.80 Å². The van der Waals surface area contributed by atoms with Crippen LogP contribution in [0.2, 0.25) is 0 Å². The molecule has 2 aliphatic heterocycles. The van der Waals surface area contributed by atoms with E-state index in [4.69, 9.17) is 14.2 Å². The first-order chi connectivity index (χ1) is 11.4. The molecule has 0 bridgehead atoms. The topological polar surface area (TPSA) is 68.3 Å². The fraction of sp³-hybridized carbons (Fsp3) is 0.529. The summed E-state index contributed by atoms with van der Waals surface area (Å²) >= 11 is 0. The number of hydrogen-bond donors (Lipinski definition) is 0. The van der Waals surface area contributed by atoms with Gasteiger partial charge in [-0.15, -0.1) is 0 Å². The van der Waals surface area contributed by atoms with Gasteiger partial charge in [-0.25, -0.2) is 0 Å². The number of methoxy groups -OCH3 is 3. The average molecular weight is 334 g/mol. The number of benzene rings is 1. The van der Waals surface area contributed by atoms with Crippen LogP contribution in [0.3, 0.4) is 0 Å². The molecule has 0 saturated carbocycles. The van der Waals surface area contributed by atoms with Gasteiger partial charge >= 0.3 is 0 Å². The smallest absolute Gasteiger partial charge is 0.245 e. The van der Waals surface area contributed by atoms with Crippen LogP contribution in [0.1, 0.15) is 16.7 Å². The standard InChI is InChI=1S/C17H22N2O5/c1-9-14(22-3)10-6-12-17(21)18(2)8-13(20)19(12)7-11(10)16(24-5)15(9)23-4/h12H,6-8H2,1-5H3/t12-/m0/s1. The number of ether oxygens (including phenoxy) is 3. The summed E-state index contributed by atoms with van der Waals surface area (Å²) in [6.07, 6.45) is 0.411. The first-order valence-corrected chi connectivity index (χ1v) is 7.79. The number of hydrogen-bond acceptors (Lipinski definition) is 5. The zero-order valence-electron chi connectivity index (χ0n) is 14.6. The van der Waals surface area contributed by atoms with Crippen molar-refractivity contribution in [3.8, 4) is 17.2 Å². The fourth-order valence-electron chi connectivity index (χ4n) is 3.72. The molecular formula is C17H22N2O5. The highest BCUT2D eigenvalue weighted by molar-refractivity contribution is 5.95. The lowest BCUT2D eigenvalue weighted by Crippen LogP contribution is -2.60. The summed E-state index contributed by atoms with van der Waals surface area (Å²) in [5, 5.41) is 0. The van der Waals surface area contributed by atoms with Gasteiger partial charge in [0.1, 0.15) is 11.8 Å². The molecule has 7 heteroatoms. The summed E-state index contributed by atoms with van der Waals surface area (Å²) in [5.74, 6) is 1.78. The highest BCUT2D eigenvalue weighted by atomic mass is 16.5. The Morgan fingerprint density at radius 3 is 2.12 bits per heavy atom. The molecule has 0 unspecified atom stereocenters. The van der Waals surface area contributed by atoms with Crippen molar-refractivity contribution in [3.05, 3.63) is 16.7 Å². The molecule has 2 amide bonds. The Bertz CT molecular complexity index is 716. The first-order valence-electron chi connectivity index (χ1n) is 7.79. The minimum Gasteiger partial charge on any atom is -0.496 e. The molecule has 2 aliphatic rings. The van der Waals surface area contributed by atoms with Gasteiger partial charge in [0.2, 0.25) is 11.8 Å². The predicted octanol–water partition coefficient (Wildman–Crippen LogP) is 0.746. The maximum Gasteiger partial charge on any atom is 0.245 e. The second-order valence-electron chi connectivity index (χ2n) is 6.12. The molecule has 7 nitrogen and oxygen atoms in total. The van der Waals surface area contributed by atoms with Crippen molar-refractivity contribution in [2.45, 2.75) is 25.9 Å². The minimum atomic E-state index is -0.491. The molecule has 3 rings (SSSR count). The highest BCUT2D eigenvalue weighted by Crippen LogP contribution is 2.47. The Labute approximate surface area is 141 Å². The van der Waals surface area contributed by atoms with E-state index < -0.39 is 6.04 Å². The van der Waals surface area contributed by atoms with Gasteiger partial charge in [-0.05, 0) is 6.92 Å². The Balaban J connectivity index is 2.19. The van der Waals surface area contributed by atoms with Gasteiger partial charge in [0.05, 0.1) is 34.4 Å². The zero-order chi connectivity index (χ0) is 17.6. The Kier molecular flexibility index (Phi) is 4.03. The molecule has 1 fully saturated rings. The minimum absolute atomic E-state index is 0.0465. The maximum atomic E-state index is 12.5. The molecule has 2 heterocycles. The van der Waals surface area contributed by atoms with E-state index in [0.717, 1.165) is 16.7 Å². The van der Waals surface area contributed by atoms with Crippen molar-refractivity contribution in [2.24, 2.45) is 0 Å². The third-order valence-electron chi connectivity index (χ3n) is 4.87. The third kappa shape index (κ3) is 2.18. The summed E-state index contributed by atoms with van der Waals surface area (Å²) in [6.45, 7) is 2.31. The molecule has 0 N–H and O–H groups in total. The summed E-state index contributed by atoms with van der Waals surface area (Å²) in [7, 11) is 6.41. The van der Waals surface area contributed by atoms with Crippen molar-refractivity contribution in [1.29, 1.82) is 0 Å². The number of likely N-dealkylation sites (N-methyl/N-ethyl adjacent to an activating group) is 1. The van der Waals surface area contributed by atoms with E-state index in [1.807, 2.05) is 6.92 Å². The molecule has 0 aliphatic carbocycles. The lowest BCUT2D eigenvalue weighted by atomic mass is 9.88. The van der Waals surface area contributed by atoms with Crippen LogP contribution in [-0.2, 0) is 22.6 Å². The van der Waals surface area contributed by atoms with Crippen LogP contribution in [0.5, 0.6) is 17.2 Å². The molecule has 0 spiro atoms. The van der Waals surface area contributed by atoms with Gasteiger partial charge in [-0.1, -0.05) is 0 Å². The number of rotatable bonds is 3. The van der Waals surface area contributed by atoms with Crippen molar-refractivity contribution < 1.29 is 23.8 Å². The molecular weight excluding hydrogens is 312 g/mol. The van der Waals surface area contributed by atoms with E-state index >= 15 is 0 Å². The zero-order valence-corrected chi connectivity index (χ0v) is 14.6. The van der Waals surface area contributed by atoms with Gasteiger partial charge in [-0.2, -0.15) is 0 Å². The van der Waals surface area contributed by atoms with Gasteiger partial charge in [0.25, 0.3) is 0 Å². The van der Waals surface area contributed by atoms with E-state index in [9.17, 15) is 9.59 Å². The second-order valence-corrected chi connectivity index (χ2v) is 6.12. The third-order valence-corrected chi connectivity index (χ3v) is 4.87. The monoisotopic (exact) mass is 334 g/mol. The van der Waals surface area contributed by atoms with Crippen LogP contribution >= 0.6 is 0 Å². The maximum absolute atomic E-state index is 12.5. The number of nitrogens with zero attached hydrogens (tertiary/aromatic N) is 2. The van der Waals surface area contributed by atoms with E-state index in [0.29, 0.717) is 30.2 Å². The quantitative estimate of drug-likeness (QED) is 0.816. The summed E-state index contributed by atoms with van der Waals surface area (Å²) in [4.78, 5) is 28.0. The lowest BCUT2D eigenvalue weighted by molar-refractivity contribution is -0.155. The van der Waals surface area contributed by atoms with Crippen LogP contribution in [0.4, 0.5) is 0 Å². The summed E-state index contributed by atoms with van der Waals surface area (Å²) in [6, 6.07) is -0.491.